The molecule has 66 heavy (non-hydrogen) atoms. The third kappa shape index (κ3) is 54.7. The van der Waals surface area contributed by atoms with E-state index in [0.29, 0.717) is 19.4 Å². The second-order valence-corrected chi connectivity index (χ2v) is 19.9. The van der Waals surface area contributed by atoms with Gasteiger partial charge in [0, 0.05) is 19.4 Å². The highest BCUT2D eigenvalue weighted by atomic mass is 16.6. The van der Waals surface area contributed by atoms with Crippen LogP contribution in [-0.4, -0.2) is 37.9 Å². The molecule has 0 aliphatic heterocycles. The standard InChI is InChI=1S/C61H114O5/c1-4-7-10-13-16-19-22-25-28-31-33-36-39-42-45-48-51-54-60(62)65-57-59(64-56-53-50-47-44-41-38-35-30-27-24-21-18-15-12-9-6-3)58-66-61(63)55-52-49-46-43-40-37-34-32-29-26-23-20-17-14-11-8-5-2/h16,19,25,28,33,36,59H,4-15,17-18,20-24,26-27,29-32,34-35,37-58H2,1-3H3/b19-16-,28-25-,36-33-/t59-/m1/s1. The van der Waals surface area contributed by atoms with Gasteiger partial charge in [-0.15, -0.1) is 0 Å². The highest BCUT2D eigenvalue weighted by Gasteiger charge is 2.16. The first-order valence-corrected chi connectivity index (χ1v) is 29.5. The second-order valence-electron chi connectivity index (χ2n) is 19.9. The van der Waals surface area contributed by atoms with Crippen molar-refractivity contribution in [1.82, 2.24) is 0 Å². The smallest absolute Gasteiger partial charge is 0.305 e. The molecule has 0 aromatic carbocycles. The molecule has 0 N–H and O–H groups in total. The highest BCUT2D eigenvalue weighted by Crippen LogP contribution is 2.17. The number of esters is 2. The molecule has 0 spiro atoms. The van der Waals surface area contributed by atoms with Crippen LogP contribution in [0.4, 0.5) is 0 Å². The molecule has 0 rings (SSSR count). The van der Waals surface area contributed by atoms with Crippen molar-refractivity contribution in [3.8, 4) is 0 Å². The minimum atomic E-state index is -0.404. The summed E-state index contributed by atoms with van der Waals surface area (Å²) in [6, 6.07) is 0. The fourth-order valence-electron chi connectivity index (χ4n) is 8.73. The molecule has 0 bridgehead atoms. The molecule has 0 amide bonds. The lowest BCUT2D eigenvalue weighted by atomic mass is 10.0. The number of ether oxygens (including phenoxy) is 3. The summed E-state index contributed by atoms with van der Waals surface area (Å²) >= 11 is 0. The van der Waals surface area contributed by atoms with Crippen molar-refractivity contribution in [3.05, 3.63) is 36.5 Å². The molecule has 0 aliphatic rings. The molecule has 5 nitrogen and oxygen atoms in total. The molecular formula is C61H114O5. The molecule has 0 aromatic heterocycles. The molecule has 5 heteroatoms. The van der Waals surface area contributed by atoms with Gasteiger partial charge in [-0.1, -0.05) is 282 Å². The zero-order chi connectivity index (χ0) is 47.7. The Hall–Kier alpha value is -1.88. The molecule has 0 radical (unpaired) electrons. The van der Waals surface area contributed by atoms with E-state index < -0.39 is 6.10 Å². The van der Waals surface area contributed by atoms with Gasteiger partial charge in [-0.3, -0.25) is 9.59 Å². The van der Waals surface area contributed by atoms with E-state index in [4.69, 9.17) is 14.2 Å². The van der Waals surface area contributed by atoms with E-state index in [1.165, 1.54) is 212 Å². The number of carbonyl (C=O) groups excluding carboxylic acids is 2. The summed E-state index contributed by atoms with van der Waals surface area (Å²) in [7, 11) is 0. The fraction of sp³-hybridized carbons (Fsp3) is 0.869. The number of hydrogen-bond acceptors (Lipinski definition) is 5. The fourth-order valence-corrected chi connectivity index (χ4v) is 8.73. The molecule has 0 aromatic rings. The van der Waals surface area contributed by atoms with Crippen LogP contribution in [0.5, 0.6) is 0 Å². The van der Waals surface area contributed by atoms with Gasteiger partial charge in [0.25, 0.3) is 0 Å². The highest BCUT2D eigenvalue weighted by molar-refractivity contribution is 5.69. The summed E-state index contributed by atoms with van der Waals surface area (Å²) in [5, 5.41) is 0. The van der Waals surface area contributed by atoms with Gasteiger partial charge in [0.2, 0.25) is 0 Å². The van der Waals surface area contributed by atoms with Crippen LogP contribution >= 0.6 is 0 Å². The minimum absolute atomic E-state index is 0.151. The Bertz CT molecular complexity index is 1050. The predicted molar refractivity (Wildman–Crippen MR) is 288 cm³/mol. The summed E-state index contributed by atoms with van der Waals surface area (Å²) in [6.45, 7) is 7.74. The van der Waals surface area contributed by atoms with E-state index in [0.717, 1.165) is 70.6 Å². The largest absolute Gasteiger partial charge is 0.463 e. The van der Waals surface area contributed by atoms with Crippen molar-refractivity contribution < 1.29 is 23.8 Å². The molecule has 0 heterocycles. The van der Waals surface area contributed by atoms with Crippen LogP contribution in [0.3, 0.4) is 0 Å². The third-order valence-corrected chi connectivity index (χ3v) is 13.2. The van der Waals surface area contributed by atoms with Crippen molar-refractivity contribution in [2.45, 2.75) is 322 Å². The third-order valence-electron chi connectivity index (χ3n) is 13.2. The van der Waals surface area contributed by atoms with Gasteiger partial charge in [-0.2, -0.15) is 0 Å². The first-order chi connectivity index (χ1) is 32.6. The maximum atomic E-state index is 12.7. The van der Waals surface area contributed by atoms with Crippen molar-refractivity contribution >= 4 is 11.9 Å². The van der Waals surface area contributed by atoms with E-state index in [2.05, 4.69) is 57.2 Å². The number of rotatable bonds is 55. The van der Waals surface area contributed by atoms with Gasteiger partial charge in [0.05, 0.1) is 0 Å². The number of carbonyl (C=O) groups is 2. The lowest BCUT2D eigenvalue weighted by Gasteiger charge is -2.18. The monoisotopic (exact) mass is 927 g/mol. The maximum Gasteiger partial charge on any atom is 0.305 e. The van der Waals surface area contributed by atoms with E-state index in [9.17, 15) is 9.59 Å². The van der Waals surface area contributed by atoms with Crippen molar-refractivity contribution in [2.75, 3.05) is 19.8 Å². The molecule has 0 saturated carbocycles. The van der Waals surface area contributed by atoms with Crippen molar-refractivity contribution in [1.29, 1.82) is 0 Å². The Balaban J connectivity index is 4.25. The summed E-state index contributed by atoms with van der Waals surface area (Å²) in [5.74, 6) is -0.339. The van der Waals surface area contributed by atoms with Gasteiger partial charge in [-0.05, 0) is 57.8 Å². The second kappa shape index (κ2) is 57.4. The van der Waals surface area contributed by atoms with E-state index in [-0.39, 0.29) is 25.2 Å². The van der Waals surface area contributed by atoms with Crippen LogP contribution in [0.1, 0.15) is 316 Å². The van der Waals surface area contributed by atoms with Crippen molar-refractivity contribution in [2.24, 2.45) is 0 Å². The van der Waals surface area contributed by atoms with Gasteiger partial charge >= 0.3 is 11.9 Å². The molecule has 0 aliphatic carbocycles. The summed E-state index contributed by atoms with van der Waals surface area (Å²) in [5.41, 5.74) is 0. The van der Waals surface area contributed by atoms with Crippen LogP contribution in [0.15, 0.2) is 36.5 Å². The van der Waals surface area contributed by atoms with Crippen LogP contribution < -0.4 is 0 Å². The Kier molecular flexibility index (Phi) is 55.8. The Morgan fingerprint density at radius 2 is 0.576 bits per heavy atom. The number of hydrogen-bond donors (Lipinski definition) is 0. The maximum absolute atomic E-state index is 12.7. The lowest BCUT2D eigenvalue weighted by molar-refractivity contribution is -0.155. The molecule has 0 saturated heterocycles. The summed E-state index contributed by atoms with van der Waals surface area (Å²) in [4.78, 5) is 25.3. The first kappa shape index (κ1) is 64.1. The summed E-state index contributed by atoms with van der Waals surface area (Å²) in [6.07, 6.45) is 70.4. The van der Waals surface area contributed by atoms with Gasteiger partial charge in [-0.25, -0.2) is 0 Å². The van der Waals surface area contributed by atoms with Gasteiger partial charge in [0.15, 0.2) is 0 Å². The SMILES string of the molecule is CCCCC/C=C\C/C=C\C/C=C\CCCCCCC(=O)OC[C@H](COC(=O)CCCCCCCCCCCCCCCCCCC)OCCCCCCCCCCCCCCCCCC. The molecule has 1 atom stereocenters. The molecule has 0 fully saturated rings. The van der Waals surface area contributed by atoms with E-state index in [1.807, 2.05) is 0 Å². The summed E-state index contributed by atoms with van der Waals surface area (Å²) < 4.78 is 17.5. The molecule has 0 unspecified atom stereocenters. The minimum Gasteiger partial charge on any atom is -0.463 e. The van der Waals surface area contributed by atoms with Crippen LogP contribution in [0.25, 0.3) is 0 Å². The quantitative estimate of drug-likeness (QED) is 0.0345. The van der Waals surface area contributed by atoms with Crippen molar-refractivity contribution in [3.63, 3.8) is 0 Å². The average molecular weight is 928 g/mol. The average Bonchev–Trinajstić information content (AvgIpc) is 3.32. The normalized spacial score (nSPS) is 12.3. The van der Waals surface area contributed by atoms with E-state index in [1.54, 1.807) is 0 Å². The predicted octanol–water partition coefficient (Wildman–Crippen LogP) is 20.1. The lowest BCUT2D eigenvalue weighted by Crippen LogP contribution is -2.29. The topological polar surface area (TPSA) is 61.8 Å². The van der Waals surface area contributed by atoms with Gasteiger partial charge in [0.1, 0.15) is 19.3 Å². The molecular weight excluding hydrogens is 813 g/mol. The van der Waals surface area contributed by atoms with Gasteiger partial charge < -0.3 is 14.2 Å². The Morgan fingerprint density at radius 1 is 0.318 bits per heavy atom. The molecule has 388 valence electrons. The Labute approximate surface area is 412 Å². The first-order valence-electron chi connectivity index (χ1n) is 29.5. The van der Waals surface area contributed by atoms with Crippen LogP contribution in [-0.2, 0) is 23.8 Å². The van der Waals surface area contributed by atoms with Crippen LogP contribution in [0.2, 0.25) is 0 Å². The number of allylic oxidation sites excluding steroid dienone is 6. The van der Waals surface area contributed by atoms with E-state index >= 15 is 0 Å². The Morgan fingerprint density at radius 3 is 0.924 bits per heavy atom. The number of unbranched alkanes of at least 4 members (excludes halogenated alkanes) is 38. The van der Waals surface area contributed by atoms with Crippen LogP contribution in [0, 0.1) is 0 Å². The zero-order valence-corrected chi connectivity index (χ0v) is 44.7. The zero-order valence-electron chi connectivity index (χ0n) is 44.7.